The van der Waals surface area contributed by atoms with Gasteiger partial charge in [0, 0.05) is 9.29 Å². The van der Waals surface area contributed by atoms with Crippen molar-refractivity contribution in [3.05, 3.63) is 35.4 Å². The summed E-state index contributed by atoms with van der Waals surface area (Å²) >= 11 is 0. The van der Waals surface area contributed by atoms with Gasteiger partial charge in [0.25, 0.3) is 0 Å². The summed E-state index contributed by atoms with van der Waals surface area (Å²) in [4.78, 5) is 0. The van der Waals surface area contributed by atoms with Crippen molar-refractivity contribution in [3.8, 4) is 0 Å². The zero-order valence-corrected chi connectivity index (χ0v) is 5.88. The fourth-order valence-corrected chi connectivity index (χ4v) is 0.811. The molecule has 1 heteroatoms. The number of hydrogen-bond acceptors (Lipinski definition) is 1. The molecule has 1 nitrogen and oxygen atoms in total. The third-order valence-corrected chi connectivity index (χ3v) is 1.49. The quantitative estimate of drug-likeness (QED) is 0.661. The van der Waals surface area contributed by atoms with Crippen molar-refractivity contribution in [2.45, 2.75) is 19.8 Å². The summed E-state index contributed by atoms with van der Waals surface area (Å²) in [6.07, 6.45) is 0.491. The van der Waals surface area contributed by atoms with E-state index in [0.717, 1.165) is 11.1 Å². The second-order valence-corrected chi connectivity index (χ2v) is 2.22. The van der Waals surface area contributed by atoms with Crippen LogP contribution in [0, 0.1) is 0 Å². The molecule has 0 spiro atoms. The second-order valence-electron chi connectivity index (χ2n) is 2.22. The molecule has 1 rings (SSSR count). The normalized spacial score (nSPS) is 15.7. The van der Waals surface area contributed by atoms with Gasteiger partial charge in [-0.05, 0) is 17.5 Å². The molecular formula is C9H13N. The molecule has 0 aromatic heterocycles. The van der Waals surface area contributed by atoms with E-state index < -0.39 is 6.88 Å². The lowest BCUT2D eigenvalue weighted by Gasteiger charge is -1.97. The number of rotatable bonds is 2. The Labute approximate surface area is 64.7 Å². The molecule has 0 bridgehead atoms. The van der Waals surface area contributed by atoms with Crippen LogP contribution in [0.4, 0.5) is 0 Å². The van der Waals surface area contributed by atoms with Crippen molar-refractivity contribution >= 4 is 0 Å². The van der Waals surface area contributed by atoms with Gasteiger partial charge in [-0.1, -0.05) is 31.1 Å². The van der Waals surface area contributed by atoms with E-state index in [0.29, 0.717) is 13.0 Å². The number of nitrogens with two attached hydrogens (primary N) is 1. The first kappa shape index (κ1) is 4.91. The molecule has 0 heterocycles. The molecule has 0 radical (unpaired) electrons. The van der Waals surface area contributed by atoms with E-state index in [2.05, 4.69) is 0 Å². The van der Waals surface area contributed by atoms with Crippen molar-refractivity contribution in [3.63, 3.8) is 0 Å². The lowest BCUT2D eigenvalue weighted by Crippen LogP contribution is -1.95. The molecule has 0 saturated heterocycles. The van der Waals surface area contributed by atoms with Crippen LogP contribution >= 0.6 is 0 Å². The van der Waals surface area contributed by atoms with Gasteiger partial charge in [-0.2, -0.15) is 0 Å². The molecule has 0 amide bonds. The molecule has 1 atom stereocenters. The van der Waals surface area contributed by atoms with Crippen LogP contribution in [0.15, 0.2) is 24.3 Å². The van der Waals surface area contributed by atoms with E-state index in [9.17, 15) is 0 Å². The molecule has 0 aliphatic rings. The highest BCUT2D eigenvalue weighted by molar-refractivity contribution is 5.21. The van der Waals surface area contributed by atoms with Gasteiger partial charge in [0.15, 0.2) is 0 Å². The summed E-state index contributed by atoms with van der Waals surface area (Å²) in [5.74, 6) is 0. The molecule has 0 saturated carbocycles. The first-order chi connectivity index (χ1) is 5.72. The Morgan fingerprint density at radius 3 is 2.60 bits per heavy atom. The molecule has 10 heavy (non-hydrogen) atoms. The maximum Gasteiger partial charge on any atom is 0.0234 e. The highest BCUT2D eigenvalue weighted by Crippen LogP contribution is 2.03. The fourth-order valence-electron chi connectivity index (χ4n) is 0.811. The summed E-state index contributed by atoms with van der Waals surface area (Å²) in [5, 5.41) is 0. The van der Waals surface area contributed by atoms with E-state index in [4.69, 9.17) is 8.48 Å². The minimum Gasteiger partial charge on any atom is -0.326 e. The van der Waals surface area contributed by atoms with E-state index in [1.165, 1.54) is 0 Å². The number of aryl methyl sites for hydroxylation is 1. The van der Waals surface area contributed by atoms with Crippen molar-refractivity contribution in [1.29, 1.82) is 0 Å². The Morgan fingerprint density at radius 1 is 1.50 bits per heavy atom. The maximum atomic E-state index is 7.06. The summed E-state index contributed by atoms with van der Waals surface area (Å²) in [6, 6.07) is 7.74. The smallest absolute Gasteiger partial charge is 0.0234 e. The number of hydrogen-bond donors (Lipinski definition) is 1. The van der Waals surface area contributed by atoms with Gasteiger partial charge < -0.3 is 5.73 Å². The minimum atomic E-state index is -0.770. The molecule has 0 aliphatic carbocycles. The molecule has 1 aromatic rings. The Morgan fingerprint density at radius 2 is 2.10 bits per heavy atom. The van der Waals surface area contributed by atoms with Crippen LogP contribution in [0.5, 0.6) is 0 Å². The van der Waals surface area contributed by atoms with Crippen molar-refractivity contribution < 1.29 is 2.74 Å². The molecule has 0 fully saturated rings. The van der Waals surface area contributed by atoms with Crippen LogP contribution in [-0.4, -0.2) is 0 Å². The average Bonchev–Trinajstić information content (AvgIpc) is 2.05. The summed E-state index contributed by atoms with van der Waals surface area (Å²) in [5.41, 5.74) is 7.55. The molecule has 54 valence electrons. The largest absolute Gasteiger partial charge is 0.326 e. The third kappa shape index (κ3) is 1.58. The van der Waals surface area contributed by atoms with Crippen molar-refractivity contribution in [2.75, 3.05) is 0 Å². The van der Waals surface area contributed by atoms with E-state index in [1.807, 2.05) is 24.3 Å². The van der Waals surface area contributed by atoms with Crippen LogP contribution < -0.4 is 5.73 Å². The lowest BCUT2D eigenvalue weighted by atomic mass is 10.1. The first-order valence-electron chi connectivity index (χ1n) is 4.50. The molecule has 0 aliphatic heterocycles. The van der Waals surface area contributed by atoms with Crippen molar-refractivity contribution in [1.82, 2.24) is 0 Å². The predicted molar refractivity (Wildman–Crippen MR) is 43.7 cm³/mol. The van der Waals surface area contributed by atoms with Gasteiger partial charge in [-0.25, -0.2) is 0 Å². The van der Waals surface area contributed by atoms with Crippen LogP contribution in [0.1, 0.15) is 20.7 Å². The standard InChI is InChI=1S/C9H13N/c1-2-8-3-5-9(7-10)6-4-8/h3-6H,2,7,10H2,1H3/i1TD. The van der Waals surface area contributed by atoms with E-state index in [-0.39, 0.29) is 0 Å². The fraction of sp³-hybridized carbons (Fsp3) is 0.333. The van der Waals surface area contributed by atoms with Crippen molar-refractivity contribution in [2.24, 2.45) is 5.73 Å². The third-order valence-electron chi connectivity index (χ3n) is 1.49. The van der Waals surface area contributed by atoms with E-state index >= 15 is 0 Å². The zero-order chi connectivity index (χ0) is 8.97. The molecule has 2 N–H and O–H groups in total. The highest BCUT2D eigenvalue weighted by Gasteiger charge is 1.88. The van der Waals surface area contributed by atoms with Gasteiger partial charge in [0.1, 0.15) is 0 Å². The SMILES string of the molecule is [2H]C([3H])Cc1ccc(CN)cc1. The average molecular weight is 138 g/mol. The Bertz CT molecular complexity index is 231. The molecule has 1 aromatic carbocycles. The van der Waals surface area contributed by atoms with Crippen LogP contribution in [-0.2, 0) is 13.0 Å². The highest BCUT2D eigenvalue weighted by atomic mass is 14.5. The molecular weight excluding hydrogens is 122 g/mol. The summed E-state index contributed by atoms with van der Waals surface area (Å²) in [6.45, 7) is -0.223. The van der Waals surface area contributed by atoms with Gasteiger partial charge in [-0.15, -0.1) is 0 Å². The topological polar surface area (TPSA) is 26.0 Å². The van der Waals surface area contributed by atoms with Crippen LogP contribution in [0.3, 0.4) is 0 Å². The monoisotopic (exact) mass is 138 g/mol. The first-order valence-corrected chi connectivity index (χ1v) is 3.34. The molecule has 1 unspecified atom stereocenters. The summed E-state index contributed by atoms with van der Waals surface area (Å²) in [7, 11) is 0. The van der Waals surface area contributed by atoms with E-state index in [1.54, 1.807) is 0 Å². The Hall–Kier alpha value is -0.820. The predicted octanol–water partition coefficient (Wildman–Crippen LogP) is 1.71. The Kier molecular flexibility index (Phi) is 1.66. The Balaban J connectivity index is 2.65. The van der Waals surface area contributed by atoms with Gasteiger partial charge in [0.2, 0.25) is 0 Å². The summed E-state index contributed by atoms with van der Waals surface area (Å²) < 4.78 is 14.1. The van der Waals surface area contributed by atoms with Gasteiger partial charge in [-0.3, -0.25) is 0 Å². The van der Waals surface area contributed by atoms with Gasteiger partial charge >= 0.3 is 0 Å². The lowest BCUT2D eigenvalue weighted by molar-refractivity contribution is 1.06. The maximum absolute atomic E-state index is 7.06. The zero-order valence-electron chi connectivity index (χ0n) is 7.88. The van der Waals surface area contributed by atoms with Crippen LogP contribution in [0.25, 0.3) is 0 Å². The second kappa shape index (κ2) is 3.37. The minimum absolute atomic E-state index is 0.491. The van der Waals surface area contributed by atoms with Crippen LogP contribution in [0.2, 0.25) is 0 Å². The number of benzene rings is 1. The van der Waals surface area contributed by atoms with Gasteiger partial charge in [0.05, 0.1) is 0 Å².